The van der Waals surface area contributed by atoms with E-state index in [0.29, 0.717) is 0 Å². The Kier molecular flexibility index (Phi) is 7.03. The highest BCUT2D eigenvalue weighted by atomic mass is 32.2. The second-order valence-corrected chi connectivity index (χ2v) is 5.93. The van der Waals surface area contributed by atoms with Gasteiger partial charge in [0.25, 0.3) is 5.79 Å². The molecule has 136 valence electrons. The molecule has 0 spiro atoms. The summed E-state index contributed by atoms with van der Waals surface area (Å²) >= 11 is 1.08. The zero-order valence-corrected chi connectivity index (χ0v) is 14.8. The normalized spacial score (nSPS) is 25.3. The molecule has 1 aliphatic heterocycles. The summed E-state index contributed by atoms with van der Waals surface area (Å²) in [6, 6.07) is 0. The van der Waals surface area contributed by atoms with Crippen LogP contribution in [0.15, 0.2) is 0 Å². The summed E-state index contributed by atoms with van der Waals surface area (Å²) in [5, 5.41) is 0. The van der Waals surface area contributed by atoms with Gasteiger partial charge in [-0.3, -0.25) is 19.2 Å². The number of hydrogen-bond donors (Lipinski definition) is 0. The molecule has 1 aliphatic rings. The first-order valence-corrected chi connectivity index (χ1v) is 8.30. The minimum atomic E-state index is -1.81. The molecule has 0 aromatic heterocycles. The van der Waals surface area contributed by atoms with E-state index in [1.54, 1.807) is 6.26 Å². The number of carbonyl (C=O) groups is 4. The Morgan fingerprint density at radius 3 is 1.79 bits per heavy atom. The molecular weight excluding hydrogens is 344 g/mol. The van der Waals surface area contributed by atoms with Gasteiger partial charge in [-0.1, -0.05) is 0 Å². The second-order valence-electron chi connectivity index (χ2n) is 5.03. The van der Waals surface area contributed by atoms with E-state index in [9.17, 15) is 19.2 Å². The van der Waals surface area contributed by atoms with Gasteiger partial charge in [0.15, 0.2) is 11.5 Å². The van der Waals surface area contributed by atoms with Crippen molar-refractivity contribution in [1.29, 1.82) is 0 Å². The molecule has 0 aliphatic carbocycles. The second kappa shape index (κ2) is 8.34. The summed E-state index contributed by atoms with van der Waals surface area (Å²) in [6.45, 7) is 4.61. The Balaban J connectivity index is 3.20. The van der Waals surface area contributed by atoms with Crippen molar-refractivity contribution in [1.82, 2.24) is 0 Å². The van der Waals surface area contributed by atoms with Crippen LogP contribution in [0.5, 0.6) is 0 Å². The molecule has 0 radical (unpaired) electrons. The Bertz CT molecular complexity index is 502. The van der Waals surface area contributed by atoms with Gasteiger partial charge in [-0.2, -0.15) is 0 Å². The molecule has 1 heterocycles. The lowest BCUT2D eigenvalue weighted by molar-refractivity contribution is -0.324. The molecule has 0 N–H and O–H groups in total. The number of rotatable bonds is 5. The van der Waals surface area contributed by atoms with Crippen LogP contribution < -0.4 is 0 Å². The fourth-order valence-electron chi connectivity index (χ4n) is 2.29. The SMILES string of the molecule is CSC1OC(OC(C)=O)C(OC(C)=O)CC1(OC(C)=O)OC(C)=O. The van der Waals surface area contributed by atoms with E-state index in [-0.39, 0.29) is 6.42 Å². The van der Waals surface area contributed by atoms with Crippen LogP contribution in [-0.4, -0.2) is 53.8 Å². The predicted octanol–water partition coefficient (Wildman–Crippen LogP) is 0.739. The molecule has 3 atom stereocenters. The summed E-state index contributed by atoms with van der Waals surface area (Å²) in [5.41, 5.74) is -0.985. The molecule has 3 unspecified atom stereocenters. The first-order valence-electron chi connectivity index (χ1n) is 7.01. The summed E-state index contributed by atoms with van der Waals surface area (Å²) in [7, 11) is 0. The van der Waals surface area contributed by atoms with Gasteiger partial charge in [0.05, 0.1) is 6.42 Å². The average molecular weight is 364 g/mol. The van der Waals surface area contributed by atoms with Crippen LogP contribution in [0, 0.1) is 0 Å². The van der Waals surface area contributed by atoms with Crippen molar-refractivity contribution >= 4 is 35.6 Å². The van der Waals surface area contributed by atoms with E-state index >= 15 is 0 Å². The average Bonchev–Trinajstić information content (AvgIpc) is 2.38. The van der Waals surface area contributed by atoms with Crippen molar-refractivity contribution < 1.29 is 42.9 Å². The van der Waals surface area contributed by atoms with Gasteiger partial charge in [0, 0.05) is 27.7 Å². The third-order valence-electron chi connectivity index (χ3n) is 2.85. The van der Waals surface area contributed by atoms with E-state index < -0.39 is 47.5 Å². The monoisotopic (exact) mass is 364 g/mol. The van der Waals surface area contributed by atoms with Crippen LogP contribution in [0.25, 0.3) is 0 Å². The molecule has 24 heavy (non-hydrogen) atoms. The lowest BCUT2D eigenvalue weighted by Crippen LogP contribution is -2.60. The molecule has 0 bridgehead atoms. The van der Waals surface area contributed by atoms with Gasteiger partial charge in [-0.25, -0.2) is 0 Å². The number of hydrogen-bond acceptors (Lipinski definition) is 10. The first-order chi connectivity index (χ1) is 11.1. The molecule has 1 rings (SSSR count). The Morgan fingerprint density at radius 2 is 1.42 bits per heavy atom. The highest BCUT2D eigenvalue weighted by molar-refractivity contribution is 7.99. The minimum absolute atomic E-state index is 0.241. The molecule has 0 saturated carbocycles. The minimum Gasteiger partial charge on any atom is -0.456 e. The Hall–Kier alpha value is -1.81. The van der Waals surface area contributed by atoms with Crippen molar-refractivity contribution in [3.05, 3.63) is 0 Å². The highest BCUT2D eigenvalue weighted by Gasteiger charge is 2.56. The molecule has 0 aromatic carbocycles. The standard InChI is InChI=1S/C14H20O9S/c1-7(15)19-11-6-14(22-9(3)17,23-10(4)18)13(24-5)21-12(11)20-8(2)16/h11-13H,6H2,1-5H3. The van der Waals surface area contributed by atoms with Gasteiger partial charge >= 0.3 is 23.9 Å². The van der Waals surface area contributed by atoms with Crippen LogP contribution in [0.1, 0.15) is 34.1 Å². The number of carbonyl (C=O) groups excluding carboxylic acids is 4. The molecule has 1 saturated heterocycles. The van der Waals surface area contributed by atoms with Crippen LogP contribution in [0.2, 0.25) is 0 Å². The van der Waals surface area contributed by atoms with Crippen LogP contribution in [0.4, 0.5) is 0 Å². The summed E-state index contributed by atoms with van der Waals surface area (Å²) < 4.78 is 26.1. The third kappa shape index (κ3) is 5.38. The van der Waals surface area contributed by atoms with E-state index in [1.807, 2.05) is 0 Å². The Labute approximate surface area is 143 Å². The van der Waals surface area contributed by atoms with Crippen LogP contribution >= 0.6 is 11.8 Å². The van der Waals surface area contributed by atoms with Crippen molar-refractivity contribution in [2.75, 3.05) is 6.26 Å². The maximum absolute atomic E-state index is 11.5. The molecule has 9 nitrogen and oxygen atoms in total. The first kappa shape index (κ1) is 20.2. The topological polar surface area (TPSA) is 114 Å². The zero-order valence-electron chi connectivity index (χ0n) is 14.0. The van der Waals surface area contributed by atoms with E-state index in [2.05, 4.69) is 0 Å². The lowest BCUT2D eigenvalue weighted by atomic mass is 10.0. The smallest absolute Gasteiger partial charge is 0.306 e. The maximum atomic E-state index is 11.5. The fraction of sp³-hybridized carbons (Fsp3) is 0.714. The third-order valence-corrected chi connectivity index (χ3v) is 3.75. The summed E-state index contributed by atoms with van der Waals surface area (Å²) in [4.78, 5) is 45.5. The highest BCUT2D eigenvalue weighted by Crippen LogP contribution is 2.40. The summed E-state index contributed by atoms with van der Waals surface area (Å²) in [5.74, 6) is -4.56. The van der Waals surface area contributed by atoms with Crippen LogP contribution in [-0.2, 0) is 42.9 Å². The molecule has 0 amide bonds. The van der Waals surface area contributed by atoms with Gasteiger partial charge in [-0.05, 0) is 6.26 Å². The quantitative estimate of drug-likeness (QED) is 0.393. The number of ether oxygens (including phenoxy) is 5. The van der Waals surface area contributed by atoms with Crippen LogP contribution in [0.3, 0.4) is 0 Å². The fourth-order valence-corrected chi connectivity index (χ4v) is 3.06. The molecular formula is C14H20O9S. The van der Waals surface area contributed by atoms with Gasteiger partial charge in [0.1, 0.15) is 0 Å². The van der Waals surface area contributed by atoms with Gasteiger partial charge in [0.2, 0.25) is 6.29 Å². The van der Waals surface area contributed by atoms with Crippen molar-refractivity contribution in [3.8, 4) is 0 Å². The van der Waals surface area contributed by atoms with Crippen molar-refractivity contribution in [2.24, 2.45) is 0 Å². The molecule has 1 fully saturated rings. The van der Waals surface area contributed by atoms with Crippen molar-refractivity contribution in [2.45, 2.75) is 57.7 Å². The lowest BCUT2D eigenvalue weighted by Gasteiger charge is -2.45. The number of thioether (sulfide) groups is 1. The zero-order chi connectivity index (χ0) is 18.5. The van der Waals surface area contributed by atoms with E-state index in [0.717, 1.165) is 32.5 Å². The van der Waals surface area contributed by atoms with Crippen molar-refractivity contribution in [3.63, 3.8) is 0 Å². The van der Waals surface area contributed by atoms with Gasteiger partial charge in [-0.15, -0.1) is 11.8 Å². The predicted molar refractivity (Wildman–Crippen MR) is 80.4 cm³/mol. The van der Waals surface area contributed by atoms with E-state index in [4.69, 9.17) is 23.7 Å². The number of esters is 4. The molecule has 10 heteroatoms. The summed E-state index contributed by atoms with van der Waals surface area (Å²) in [6.07, 6.45) is -0.949. The van der Waals surface area contributed by atoms with E-state index in [1.165, 1.54) is 6.92 Å². The molecule has 0 aromatic rings. The van der Waals surface area contributed by atoms with Gasteiger partial charge < -0.3 is 23.7 Å². The Morgan fingerprint density at radius 1 is 0.917 bits per heavy atom. The largest absolute Gasteiger partial charge is 0.456 e. The maximum Gasteiger partial charge on any atom is 0.306 e.